The average molecular weight is 525 g/mol. The molecular formula is C22H23F8N5O. The van der Waals surface area contributed by atoms with Gasteiger partial charge < -0.3 is 15.4 Å². The van der Waals surface area contributed by atoms with Gasteiger partial charge in [0.25, 0.3) is 5.92 Å². The fourth-order valence-corrected chi connectivity index (χ4v) is 5.91. The molecule has 3 saturated carbocycles. The Morgan fingerprint density at radius 3 is 2.28 bits per heavy atom. The summed E-state index contributed by atoms with van der Waals surface area (Å²) in [5, 5.41) is 10.1. The van der Waals surface area contributed by atoms with E-state index >= 15 is 0 Å². The molecule has 14 heteroatoms. The molecule has 0 aromatic carbocycles. The zero-order valence-electron chi connectivity index (χ0n) is 18.8. The van der Waals surface area contributed by atoms with Crippen LogP contribution in [0.15, 0.2) is 18.5 Å². The number of fused-ring (bicyclic) bond motifs is 1. The molecule has 0 amide bonds. The van der Waals surface area contributed by atoms with Crippen molar-refractivity contribution in [2.45, 2.75) is 68.1 Å². The lowest BCUT2D eigenvalue weighted by molar-refractivity contribution is -0.210. The van der Waals surface area contributed by atoms with Crippen molar-refractivity contribution in [3.63, 3.8) is 0 Å². The van der Waals surface area contributed by atoms with Gasteiger partial charge in [-0.05, 0) is 31.2 Å². The lowest BCUT2D eigenvalue weighted by atomic mass is 9.76. The van der Waals surface area contributed by atoms with E-state index < -0.39 is 47.1 Å². The number of aliphatic hydroxyl groups excluding tert-OH is 1. The number of piperidine rings is 1. The highest BCUT2D eigenvalue weighted by molar-refractivity contribution is 5.62. The molecule has 2 atom stereocenters. The number of alkyl halides is 8. The molecular weight excluding hydrogens is 502 g/mol. The first-order chi connectivity index (χ1) is 16.6. The number of rotatable bonds is 4. The quantitative estimate of drug-likeness (QED) is 0.564. The summed E-state index contributed by atoms with van der Waals surface area (Å²) in [4.78, 5) is 9.36. The number of nitrogen functional groups attached to an aromatic ring is 1. The smallest absolute Gasteiger partial charge is 0.383 e. The van der Waals surface area contributed by atoms with Crippen molar-refractivity contribution in [2.24, 2.45) is 5.92 Å². The third-order valence-electron chi connectivity index (χ3n) is 7.73. The molecule has 2 bridgehead atoms. The van der Waals surface area contributed by atoms with Crippen LogP contribution in [0.5, 0.6) is 0 Å². The van der Waals surface area contributed by atoms with Gasteiger partial charge in [-0.25, -0.2) is 18.7 Å². The molecule has 6 nitrogen and oxygen atoms in total. The summed E-state index contributed by atoms with van der Waals surface area (Å²) in [6, 6.07) is 0.545. The van der Waals surface area contributed by atoms with Crippen LogP contribution >= 0.6 is 0 Å². The Balaban J connectivity index is 1.50. The zero-order valence-corrected chi connectivity index (χ0v) is 18.8. The summed E-state index contributed by atoms with van der Waals surface area (Å²) in [5.74, 6) is -4.17. The Hall–Kier alpha value is -2.48. The number of anilines is 1. The second-order valence-corrected chi connectivity index (χ2v) is 10.0. The summed E-state index contributed by atoms with van der Waals surface area (Å²) in [5.41, 5.74) is 2.80. The Morgan fingerprint density at radius 2 is 1.69 bits per heavy atom. The summed E-state index contributed by atoms with van der Waals surface area (Å²) in [6.45, 7) is 0.351. The van der Waals surface area contributed by atoms with Gasteiger partial charge in [-0.15, -0.1) is 0 Å². The molecule has 2 aromatic rings. The Labute approximate surface area is 200 Å². The van der Waals surface area contributed by atoms with Gasteiger partial charge >= 0.3 is 12.4 Å². The summed E-state index contributed by atoms with van der Waals surface area (Å²) >= 11 is 0. The van der Waals surface area contributed by atoms with Crippen molar-refractivity contribution in [2.75, 3.05) is 18.8 Å². The van der Waals surface area contributed by atoms with Crippen LogP contribution in [0.3, 0.4) is 0 Å². The Bertz CT molecular complexity index is 1140. The summed E-state index contributed by atoms with van der Waals surface area (Å²) in [7, 11) is 0. The van der Waals surface area contributed by atoms with E-state index in [2.05, 4.69) is 9.97 Å². The highest BCUT2D eigenvalue weighted by Crippen LogP contribution is 2.60. The van der Waals surface area contributed by atoms with Gasteiger partial charge in [0.1, 0.15) is 11.6 Å². The van der Waals surface area contributed by atoms with Crippen LogP contribution in [0.4, 0.5) is 40.9 Å². The van der Waals surface area contributed by atoms with Gasteiger partial charge in [0.05, 0.1) is 11.3 Å². The van der Waals surface area contributed by atoms with Gasteiger partial charge in [-0.3, -0.25) is 4.90 Å². The molecule has 0 spiro atoms. The topological polar surface area (TPSA) is 80.2 Å². The monoisotopic (exact) mass is 525 g/mol. The van der Waals surface area contributed by atoms with Gasteiger partial charge in [0.2, 0.25) is 6.10 Å². The maximum Gasteiger partial charge on any atom is 0.421 e. The number of hydrogen-bond acceptors (Lipinski definition) is 5. The van der Waals surface area contributed by atoms with Crippen LogP contribution in [0, 0.1) is 5.92 Å². The Morgan fingerprint density at radius 1 is 1.06 bits per heavy atom. The van der Waals surface area contributed by atoms with Gasteiger partial charge in [-0.2, -0.15) is 26.3 Å². The number of aliphatic hydroxyl groups is 1. The van der Waals surface area contributed by atoms with Gasteiger partial charge in [-0.1, -0.05) is 0 Å². The Kier molecular flexibility index (Phi) is 5.60. The SMILES string of the molecule is Nc1ncc(-c2cn(C34CC(C3)C(N3CCC(F)(F)CC3)C4)c([C@H](O)C(F)(F)F)n2)cc1C(F)(F)F. The molecule has 1 unspecified atom stereocenters. The number of nitrogens with two attached hydrogens (primary N) is 1. The number of halogens is 8. The second kappa shape index (κ2) is 8.01. The molecule has 1 saturated heterocycles. The van der Waals surface area contributed by atoms with Crippen molar-refractivity contribution in [1.29, 1.82) is 0 Å². The lowest BCUT2D eigenvalue weighted by Gasteiger charge is -2.42. The maximum absolute atomic E-state index is 13.6. The van der Waals surface area contributed by atoms with Crippen molar-refractivity contribution in [3.05, 3.63) is 29.8 Å². The van der Waals surface area contributed by atoms with Crippen LogP contribution in [0.2, 0.25) is 0 Å². The fraction of sp³-hybridized carbons (Fsp3) is 0.636. The fourth-order valence-electron chi connectivity index (χ4n) is 5.91. The van der Waals surface area contributed by atoms with Crippen LogP contribution in [0.25, 0.3) is 11.3 Å². The van der Waals surface area contributed by atoms with E-state index in [4.69, 9.17) is 5.73 Å². The first-order valence-electron chi connectivity index (χ1n) is 11.4. The molecule has 3 aliphatic carbocycles. The molecule has 0 radical (unpaired) electrons. The van der Waals surface area contributed by atoms with E-state index in [9.17, 15) is 40.2 Å². The third-order valence-corrected chi connectivity index (χ3v) is 7.73. The van der Waals surface area contributed by atoms with E-state index in [1.54, 1.807) is 0 Å². The van der Waals surface area contributed by atoms with E-state index in [1.165, 1.54) is 10.8 Å². The number of nitrogens with zero attached hydrogens (tertiary/aromatic N) is 4. The lowest BCUT2D eigenvalue weighted by Crippen LogP contribution is -2.46. The number of pyridine rings is 1. The molecule has 3 heterocycles. The molecule has 4 aliphatic rings. The minimum atomic E-state index is -5.06. The largest absolute Gasteiger partial charge is 0.421 e. The van der Waals surface area contributed by atoms with E-state index in [1.807, 2.05) is 4.90 Å². The van der Waals surface area contributed by atoms with Crippen LogP contribution in [-0.2, 0) is 11.7 Å². The minimum Gasteiger partial charge on any atom is -0.383 e. The third kappa shape index (κ3) is 4.21. The predicted molar refractivity (Wildman–Crippen MR) is 111 cm³/mol. The number of aromatic nitrogens is 3. The van der Waals surface area contributed by atoms with Crippen molar-refractivity contribution in [1.82, 2.24) is 19.4 Å². The van der Waals surface area contributed by atoms with E-state index in [0.717, 1.165) is 6.20 Å². The number of hydrogen-bond donors (Lipinski definition) is 2. The predicted octanol–water partition coefficient (Wildman–Crippen LogP) is 4.75. The number of imidazole rings is 1. The normalized spacial score (nSPS) is 29.2. The summed E-state index contributed by atoms with van der Waals surface area (Å²) < 4.78 is 109. The maximum atomic E-state index is 13.6. The first kappa shape index (κ1) is 25.2. The zero-order chi connectivity index (χ0) is 26.3. The molecule has 2 aromatic heterocycles. The molecule has 36 heavy (non-hydrogen) atoms. The number of likely N-dealkylation sites (tertiary alicyclic amines) is 1. The van der Waals surface area contributed by atoms with Crippen molar-refractivity contribution in [3.8, 4) is 11.3 Å². The van der Waals surface area contributed by atoms with Crippen LogP contribution in [-0.4, -0.2) is 55.8 Å². The van der Waals surface area contributed by atoms with Crippen molar-refractivity contribution < 1.29 is 40.2 Å². The molecule has 3 N–H and O–H groups in total. The van der Waals surface area contributed by atoms with Gasteiger partial charge in [0, 0.05) is 55.5 Å². The molecule has 1 aliphatic heterocycles. The second-order valence-electron chi connectivity index (χ2n) is 10.0. The van der Waals surface area contributed by atoms with Crippen LogP contribution in [0.1, 0.15) is 49.6 Å². The standard InChI is InChI=1S/C22H23F8N5O/c23-20(24)1-3-34(4-2-20)15-8-19(6-12(15)7-19)35-10-14(33-18(35)16(36)22(28,29)30)11-5-13(21(25,26)27)17(31)32-9-11/h5,9-10,12,15-16,36H,1-4,6-8H2,(H2,31,32)/t12?,15?,16-,19?/m0/s1. The minimum absolute atomic E-state index is 0.0773. The van der Waals surface area contributed by atoms with Crippen LogP contribution < -0.4 is 5.73 Å². The average Bonchev–Trinajstić information content (AvgIpc) is 3.43. The highest BCUT2D eigenvalue weighted by Gasteiger charge is 2.60. The van der Waals surface area contributed by atoms with Crippen molar-refractivity contribution >= 4 is 5.82 Å². The summed E-state index contributed by atoms with van der Waals surface area (Å²) in [6.07, 6.45) is -9.99. The molecule has 6 rings (SSSR count). The van der Waals surface area contributed by atoms with Gasteiger partial charge in [0.15, 0.2) is 0 Å². The van der Waals surface area contributed by atoms with E-state index in [-0.39, 0.29) is 49.1 Å². The molecule has 198 valence electrons. The first-order valence-corrected chi connectivity index (χ1v) is 11.4. The highest BCUT2D eigenvalue weighted by atomic mass is 19.4. The molecule has 4 fully saturated rings. The van der Waals surface area contributed by atoms with E-state index in [0.29, 0.717) is 25.3 Å².